The Morgan fingerprint density at radius 2 is 1.69 bits per heavy atom. The number of para-hydroxylation sites is 2. The second kappa shape index (κ2) is 7.02. The van der Waals surface area contributed by atoms with E-state index in [2.05, 4.69) is 18.8 Å². The van der Waals surface area contributed by atoms with E-state index in [1.165, 1.54) is 4.90 Å². The van der Waals surface area contributed by atoms with Gasteiger partial charge in [-0.3, -0.25) is 9.69 Å². The number of rotatable bonds is 3. The van der Waals surface area contributed by atoms with Crippen LogP contribution >= 0.6 is 0 Å². The van der Waals surface area contributed by atoms with Gasteiger partial charge in [-0.25, -0.2) is 4.99 Å². The summed E-state index contributed by atoms with van der Waals surface area (Å²) < 4.78 is 5.83. The maximum Gasteiger partial charge on any atom is 0.281 e. The molecule has 5 nitrogen and oxygen atoms in total. The normalized spacial score (nSPS) is 27.0. The Bertz CT molecular complexity index is 824. The number of benzene rings is 2. The van der Waals surface area contributed by atoms with Crippen LogP contribution in [0, 0.1) is 0 Å². The van der Waals surface area contributed by atoms with Crippen LogP contribution < -0.4 is 9.80 Å². The number of quaternary nitrogens is 1. The van der Waals surface area contributed by atoms with E-state index in [1.54, 1.807) is 0 Å². The molecule has 2 heterocycles. The molecule has 134 valence electrons. The molecule has 2 aromatic rings. The van der Waals surface area contributed by atoms with Crippen molar-refractivity contribution in [2.75, 3.05) is 24.7 Å². The maximum absolute atomic E-state index is 13.2. The van der Waals surface area contributed by atoms with Crippen molar-refractivity contribution in [2.45, 2.75) is 26.1 Å². The highest BCUT2D eigenvalue weighted by molar-refractivity contribution is 6.54. The van der Waals surface area contributed by atoms with Crippen LogP contribution in [0.2, 0.25) is 0 Å². The van der Waals surface area contributed by atoms with E-state index >= 15 is 0 Å². The number of carbonyl (C=O) groups excluding carboxylic acids is 1. The van der Waals surface area contributed by atoms with Crippen LogP contribution in [0.5, 0.6) is 0 Å². The van der Waals surface area contributed by atoms with Crippen molar-refractivity contribution < 1.29 is 14.4 Å². The number of carbonyl (C=O) groups is 1. The number of ether oxygens (including phenoxy) is 1. The largest absolute Gasteiger partial charge is 0.364 e. The van der Waals surface area contributed by atoms with Gasteiger partial charge in [0.1, 0.15) is 31.0 Å². The summed E-state index contributed by atoms with van der Waals surface area (Å²) in [5, 5.41) is 0. The third-order valence-corrected chi connectivity index (χ3v) is 4.89. The molecule has 0 bridgehead atoms. The molecule has 2 aliphatic rings. The number of hydrogen-bond acceptors (Lipinski definition) is 3. The molecular weight excluding hydrogens is 326 g/mol. The highest BCUT2D eigenvalue weighted by atomic mass is 16.5. The lowest BCUT2D eigenvalue weighted by atomic mass is 10.1. The first-order valence-electron chi connectivity index (χ1n) is 9.16. The molecule has 1 fully saturated rings. The zero-order valence-electron chi connectivity index (χ0n) is 15.2. The lowest BCUT2D eigenvalue weighted by Gasteiger charge is -2.34. The Labute approximate surface area is 153 Å². The molecule has 4 rings (SSSR count). The fourth-order valence-corrected chi connectivity index (χ4v) is 3.90. The molecule has 5 heteroatoms. The zero-order chi connectivity index (χ0) is 18.1. The summed E-state index contributed by atoms with van der Waals surface area (Å²) in [5.74, 6) is -0.0191. The Morgan fingerprint density at radius 3 is 2.42 bits per heavy atom. The quantitative estimate of drug-likeness (QED) is 0.918. The van der Waals surface area contributed by atoms with E-state index in [9.17, 15) is 4.79 Å². The van der Waals surface area contributed by atoms with E-state index < -0.39 is 0 Å². The minimum atomic E-state index is -0.0191. The smallest absolute Gasteiger partial charge is 0.281 e. The fraction of sp³-hybridized carbons (Fsp3) is 0.333. The molecule has 0 aliphatic carbocycles. The summed E-state index contributed by atoms with van der Waals surface area (Å²) >= 11 is 0. The number of anilines is 1. The molecule has 1 saturated heterocycles. The van der Waals surface area contributed by atoms with Gasteiger partial charge in [0.05, 0.1) is 11.4 Å². The van der Waals surface area contributed by atoms with Crippen molar-refractivity contribution in [3.63, 3.8) is 0 Å². The number of morpholine rings is 1. The molecule has 2 aromatic carbocycles. The molecule has 3 atom stereocenters. The summed E-state index contributed by atoms with van der Waals surface area (Å²) in [6.07, 6.45) is 0.415. The lowest BCUT2D eigenvalue weighted by Crippen LogP contribution is -3.17. The Morgan fingerprint density at radius 1 is 1.04 bits per heavy atom. The summed E-state index contributed by atoms with van der Waals surface area (Å²) in [4.78, 5) is 21.0. The first-order valence-corrected chi connectivity index (χ1v) is 9.16. The topological polar surface area (TPSA) is 46.3 Å². The van der Waals surface area contributed by atoms with Crippen LogP contribution in [-0.2, 0) is 9.53 Å². The minimum Gasteiger partial charge on any atom is -0.364 e. The minimum absolute atomic E-state index is 0.0191. The van der Waals surface area contributed by atoms with Crippen LogP contribution in [-0.4, -0.2) is 43.6 Å². The molecule has 0 spiro atoms. The van der Waals surface area contributed by atoms with Gasteiger partial charge in [0, 0.05) is 5.56 Å². The van der Waals surface area contributed by atoms with Crippen molar-refractivity contribution in [2.24, 2.45) is 4.99 Å². The van der Waals surface area contributed by atoms with E-state index in [0.29, 0.717) is 12.4 Å². The lowest BCUT2D eigenvalue weighted by molar-refractivity contribution is -0.913. The zero-order valence-corrected chi connectivity index (χ0v) is 15.2. The average Bonchev–Trinajstić information content (AvgIpc) is 2.88. The van der Waals surface area contributed by atoms with Crippen LogP contribution in [0.1, 0.15) is 19.4 Å². The monoisotopic (exact) mass is 350 g/mol. The van der Waals surface area contributed by atoms with Crippen LogP contribution in [0.4, 0.5) is 11.4 Å². The fourth-order valence-electron chi connectivity index (χ4n) is 3.90. The SMILES string of the molecule is C[C@@H]1C[NH+](CN2C(=O)C(=Nc3ccccc3)c3ccccc32)C[C@H](C)O1. The molecule has 26 heavy (non-hydrogen) atoms. The highest BCUT2D eigenvalue weighted by Gasteiger charge is 2.37. The van der Waals surface area contributed by atoms with Crippen molar-refractivity contribution in [1.29, 1.82) is 0 Å². The predicted octanol–water partition coefficient (Wildman–Crippen LogP) is 1.80. The van der Waals surface area contributed by atoms with Crippen LogP contribution in [0.3, 0.4) is 0 Å². The Kier molecular flexibility index (Phi) is 4.57. The van der Waals surface area contributed by atoms with Crippen LogP contribution in [0.15, 0.2) is 59.6 Å². The second-order valence-electron chi connectivity index (χ2n) is 7.12. The van der Waals surface area contributed by atoms with Gasteiger partial charge in [-0.05, 0) is 32.0 Å². The van der Waals surface area contributed by atoms with Crippen molar-refractivity contribution in [3.05, 3.63) is 60.2 Å². The summed E-state index contributed by atoms with van der Waals surface area (Å²) in [5.41, 5.74) is 3.19. The highest BCUT2D eigenvalue weighted by Crippen LogP contribution is 2.29. The third kappa shape index (κ3) is 3.28. The summed E-state index contributed by atoms with van der Waals surface area (Å²) in [6, 6.07) is 17.6. The molecule has 1 unspecified atom stereocenters. The van der Waals surface area contributed by atoms with Gasteiger partial charge < -0.3 is 9.64 Å². The van der Waals surface area contributed by atoms with Crippen molar-refractivity contribution in [1.82, 2.24) is 0 Å². The van der Waals surface area contributed by atoms with Gasteiger partial charge in [-0.2, -0.15) is 0 Å². The molecule has 2 aliphatic heterocycles. The molecule has 1 amide bonds. The number of hydrogen-bond donors (Lipinski definition) is 1. The second-order valence-corrected chi connectivity index (χ2v) is 7.12. The van der Waals surface area contributed by atoms with E-state index in [-0.39, 0.29) is 18.1 Å². The van der Waals surface area contributed by atoms with Gasteiger partial charge >= 0.3 is 0 Å². The van der Waals surface area contributed by atoms with E-state index in [4.69, 9.17) is 4.74 Å². The first kappa shape index (κ1) is 16.9. The van der Waals surface area contributed by atoms with E-state index in [0.717, 1.165) is 30.0 Å². The van der Waals surface area contributed by atoms with Gasteiger partial charge in [-0.15, -0.1) is 0 Å². The predicted molar refractivity (Wildman–Crippen MR) is 102 cm³/mol. The van der Waals surface area contributed by atoms with Gasteiger partial charge in [0.15, 0.2) is 6.67 Å². The number of fused-ring (bicyclic) bond motifs is 1. The molecular formula is C21H24N3O2+. The van der Waals surface area contributed by atoms with Gasteiger partial charge in [-0.1, -0.05) is 36.4 Å². The molecule has 1 N–H and O–H groups in total. The van der Waals surface area contributed by atoms with Crippen molar-refractivity contribution in [3.8, 4) is 0 Å². The Hall–Kier alpha value is -2.50. The number of nitrogens with zero attached hydrogens (tertiary/aromatic N) is 2. The first-order chi connectivity index (χ1) is 12.6. The van der Waals surface area contributed by atoms with Gasteiger partial charge in [0.2, 0.25) is 0 Å². The van der Waals surface area contributed by atoms with E-state index in [1.807, 2.05) is 59.5 Å². The summed E-state index contributed by atoms with van der Waals surface area (Å²) in [6.45, 7) is 6.64. The molecule has 0 radical (unpaired) electrons. The number of aliphatic imine (C=N–C) groups is 1. The maximum atomic E-state index is 13.2. The summed E-state index contributed by atoms with van der Waals surface area (Å²) in [7, 11) is 0. The van der Waals surface area contributed by atoms with Crippen LogP contribution in [0.25, 0.3) is 0 Å². The number of amides is 1. The Balaban J connectivity index is 1.65. The standard InChI is InChI=1S/C21H23N3O2/c1-15-12-23(13-16(2)26-15)14-24-19-11-7-6-10-18(19)20(21(24)25)22-17-8-4-3-5-9-17/h3-11,15-16H,12-14H2,1-2H3/p+1/t15-,16+. The average molecular weight is 350 g/mol. The van der Waals surface area contributed by atoms with Gasteiger partial charge in [0.25, 0.3) is 5.91 Å². The third-order valence-electron chi connectivity index (χ3n) is 4.89. The molecule has 0 aromatic heterocycles. The molecule has 0 saturated carbocycles. The van der Waals surface area contributed by atoms with Crippen molar-refractivity contribution >= 4 is 23.0 Å². The number of nitrogens with one attached hydrogen (secondary N) is 1.